The molecule has 176 valence electrons. The van der Waals surface area contributed by atoms with Crippen molar-refractivity contribution in [3.05, 3.63) is 60.4 Å². The molecule has 1 N–H and O–H groups in total. The van der Waals surface area contributed by atoms with E-state index in [9.17, 15) is 0 Å². The third-order valence-electron chi connectivity index (χ3n) is 6.70. The molecule has 0 saturated heterocycles. The summed E-state index contributed by atoms with van der Waals surface area (Å²) in [4.78, 5) is 9.04. The second-order valence-corrected chi connectivity index (χ2v) is 9.17. The SMILES string of the molecule is Cn1nccc1Nc1nccc(-c2cc3n4c(nnc4c2)C(Cn2cc(C4CC4)cn2)CCO3)n1. The molecule has 6 heterocycles. The number of hydrogen-bond donors (Lipinski definition) is 1. The molecule has 1 unspecified atom stereocenters. The van der Waals surface area contributed by atoms with E-state index < -0.39 is 0 Å². The minimum absolute atomic E-state index is 0.165. The lowest BCUT2D eigenvalue weighted by Gasteiger charge is -2.12. The molecule has 1 atom stereocenters. The van der Waals surface area contributed by atoms with Gasteiger partial charge in [-0.3, -0.25) is 9.36 Å². The minimum Gasteiger partial charge on any atom is -0.478 e. The Labute approximate surface area is 200 Å². The van der Waals surface area contributed by atoms with Gasteiger partial charge in [-0.1, -0.05) is 0 Å². The Hall–Kier alpha value is -4.28. The lowest BCUT2D eigenvalue weighted by Crippen LogP contribution is -2.13. The smallest absolute Gasteiger partial charge is 0.228 e. The summed E-state index contributed by atoms with van der Waals surface area (Å²) in [6.07, 6.45) is 11.0. The average molecular weight is 469 g/mol. The van der Waals surface area contributed by atoms with Crippen LogP contribution in [-0.2, 0) is 13.6 Å². The number of pyridine rings is 1. The van der Waals surface area contributed by atoms with Crippen LogP contribution in [0.3, 0.4) is 0 Å². The van der Waals surface area contributed by atoms with Gasteiger partial charge in [-0.05, 0) is 42.9 Å². The van der Waals surface area contributed by atoms with Gasteiger partial charge in [0, 0.05) is 43.1 Å². The first kappa shape index (κ1) is 20.1. The standard InChI is InChI=1S/C24H24N10O/c1-32-20(5-8-26-32)29-24-25-7-4-19(28-24)17-10-21-30-31-23-16(6-9-35-22(11-17)34(21)23)13-33-14-18(12-27-33)15-2-3-15/h4-5,7-8,10-12,14-16H,2-3,6,9,13H2,1H3,(H,25,28,29). The van der Waals surface area contributed by atoms with Gasteiger partial charge in [-0.2, -0.15) is 10.2 Å². The molecular formula is C24H24N10O. The summed E-state index contributed by atoms with van der Waals surface area (Å²) in [5, 5.41) is 21.0. The summed E-state index contributed by atoms with van der Waals surface area (Å²) in [6, 6.07) is 7.73. The molecule has 1 aliphatic carbocycles. The third kappa shape index (κ3) is 3.69. The van der Waals surface area contributed by atoms with Crippen LogP contribution in [-0.4, -0.2) is 50.7 Å². The van der Waals surface area contributed by atoms with Gasteiger partial charge >= 0.3 is 0 Å². The molecule has 35 heavy (non-hydrogen) atoms. The maximum atomic E-state index is 6.18. The lowest BCUT2D eigenvalue weighted by atomic mass is 10.1. The summed E-state index contributed by atoms with van der Waals surface area (Å²) >= 11 is 0. The lowest BCUT2D eigenvalue weighted by molar-refractivity contribution is 0.291. The monoisotopic (exact) mass is 468 g/mol. The molecule has 0 radical (unpaired) electrons. The minimum atomic E-state index is 0.165. The number of aromatic nitrogens is 9. The van der Waals surface area contributed by atoms with Gasteiger partial charge in [-0.15, -0.1) is 10.2 Å². The van der Waals surface area contributed by atoms with Crippen LogP contribution >= 0.6 is 0 Å². The molecule has 11 nitrogen and oxygen atoms in total. The molecule has 5 aromatic rings. The van der Waals surface area contributed by atoms with Gasteiger partial charge in [0.2, 0.25) is 11.8 Å². The fourth-order valence-corrected chi connectivity index (χ4v) is 4.66. The second kappa shape index (κ2) is 7.90. The molecule has 7 rings (SSSR count). The molecule has 0 bridgehead atoms. The number of hydrogen-bond acceptors (Lipinski definition) is 8. The predicted octanol–water partition coefficient (Wildman–Crippen LogP) is 3.30. The Morgan fingerprint density at radius 3 is 2.89 bits per heavy atom. The predicted molar refractivity (Wildman–Crippen MR) is 128 cm³/mol. The average Bonchev–Trinajstić information content (AvgIpc) is 3.31. The first-order valence-electron chi connectivity index (χ1n) is 11.8. The van der Waals surface area contributed by atoms with Gasteiger partial charge in [0.1, 0.15) is 11.6 Å². The van der Waals surface area contributed by atoms with Gasteiger partial charge in [0.15, 0.2) is 5.65 Å². The van der Waals surface area contributed by atoms with E-state index in [-0.39, 0.29) is 5.92 Å². The number of nitrogens with zero attached hydrogens (tertiary/aromatic N) is 9. The summed E-state index contributed by atoms with van der Waals surface area (Å²) in [7, 11) is 1.86. The largest absolute Gasteiger partial charge is 0.478 e. The van der Waals surface area contributed by atoms with Crippen LogP contribution in [0.4, 0.5) is 11.8 Å². The van der Waals surface area contributed by atoms with Crippen molar-refractivity contribution < 1.29 is 4.74 Å². The Morgan fingerprint density at radius 2 is 2.03 bits per heavy atom. The molecule has 1 fully saturated rings. The van der Waals surface area contributed by atoms with Crippen molar-refractivity contribution in [1.82, 2.24) is 44.1 Å². The second-order valence-electron chi connectivity index (χ2n) is 9.17. The number of ether oxygens (including phenoxy) is 1. The number of anilines is 2. The third-order valence-corrected chi connectivity index (χ3v) is 6.70. The van der Waals surface area contributed by atoms with Crippen LogP contribution in [0.1, 0.15) is 42.5 Å². The van der Waals surface area contributed by atoms with E-state index in [0.717, 1.165) is 47.4 Å². The molecule has 0 aromatic carbocycles. The Bertz CT molecular complexity index is 1530. The number of nitrogens with one attached hydrogen (secondary N) is 1. The zero-order valence-electron chi connectivity index (χ0n) is 19.2. The Kier molecular flexibility index (Phi) is 4.54. The van der Waals surface area contributed by atoms with Crippen LogP contribution in [0.15, 0.2) is 49.1 Å². The Morgan fingerprint density at radius 1 is 1.09 bits per heavy atom. The van der Waals surface area contributed by atoms with E-state index >= 15 is 0 Å². The van der Waals surface area contributed by atoms with Crippen molar-refractivity contribution in [2.75, 3.05) is 11.9 Å². The van der Waals surface area contributed by atoms with Crippen molar-refractivity contribution in [2.24, 2.45) is 7.05 Å². The van der Waals surface area contributed by atoms with Gasteiger partial charge in [0.05, 0.1) is 31.2 Å². The number of aryl methyl sites for hydroxylation is 1. The van der Waals surface area contributed by atoms with Crippen molar-refractivity contribution >= 4 is 17.4 Å². The zero-order valence-corrected chi connectivity index (χ0v) is 19.2. The van der Waals surface area contributed by atoms with Crippen molar-refractivity contribution in [3.8, 4) is 17.1 Å². The summed E-state index contributed by atoms with van der Waals surface area (Å²) in [5.41, 5.74) is 3.73. The van der Waals surface area contributed by atoms with E-state index in [1.807, 2.05) is 46.6 Å². The molecule has 2 aliphatic rings. The van der Waals surface area contributed by atoms with Crippen LogP contribution < -0.4 is 10.1 Å². The van der Waals surface area contributed by atoms with Crippen molar-refractivity contribution in [3.63, 3.8) is 0 Å². The highest BCUT2D eigenvalue weighted by Gasteiger charge is 2.28. The number of rotatable bonds is 6. The van der Waals surface area contributed by atoms with Gasteiger partial charge < -0.3 is 10.1 Å². The van der Waals surface area contributed by atoms with Gasteiger partial charge in [0.25, 0.3) is 0 Å². The highest BCUT2D eigenvalue weighted by atomic mass is 16.5. The topological polar surface area (TPSA) is 113 Å². The summed E-state index contributed by atoms with van der Waals surface area (Å²) in [6.45, 7) is 1.35. The first-order chi connectivity index (χ1) is 17.2. The molecule has 1 aliphatic heterocycles. The molecular weight excluding hydrogens is 444 g/mol. The fourth-order valence-electron chi connectivity index (χ4n) is 4.66. The van der Waals surface area contributed by atoms with Gasteiger partial charge in [-0.25, -0.2) is 14.4 Å². The molecule has 0 amide bonds. The van der Waals surface area contributed by atoms with Crippen molar-refractivity contribution in [2.45, 2.75) is 37.6 Å². The van der Waals surface area contributed by atoms with Crippen LogP contribution in [0.5, 0.6) is 5.88 Å². The van der Waals surface area contributed by atoms with E-state index in [4.69, 9.17) is 9.72 Å². The highest BCUT2D eigenvalue weighted by Crippen LogP contribution is 2.40. The Balaban J connectivity index is 1.20. The van der Waals surface area contributed by atoms with E-state index in [0.29, 0.717) is 18.5 Å². The fraction of sp³-hybridized carbons (Fsp3) is 0.333. The summed E-state index contributed by atoms with van der Waals surface area (Å²) in [5.74, 6) is 3.79. The summed E-state index contributed by atoms with van der Waals surface area (Å²) < 4.78 is 12.0. The normalized spacial score (nSPS) is 17.3. The molecule has 0 spiro atoms. The molecule has 11 heteroatoms. The molecule has 5 aromatic heterocycles. The molecule has 1 saturated carbocycles. The van der Waals surface area contributed by atoms with E-state index in [1.54, 1.807) is 17.1 Å². The first-order valence-corrected chi connectivity index (χ1v) is 11.8. The van der Waals surface area contributed by atoms with Crippen LogP contribution in [0.2, 0.25) is 0 Å². The maximum absolute atomic E-state index is 6.18. The highest BCUT2D eigenvalue weighted by molar-refractivity contribution is 5.67. The van der Waals surface area contributed by atoms with Crippen LogP contribution in [0, 0.1) is 0 Å². The van der Waals surface area contributed by atoms with Crippen molar-refractivity contribution in [1.29, 1.82) is 0 Å². The quantitative estimate of drug-likeness (QED) is 0.404. The zero-order chi connectivity index (χ0) is 23.4. The maximum Gasteiger partial charge on any atom is 0.228 e. The van der Waals surface area contributed by atoms with Crippen LogP contribution in [0.25, 0.3) is 16.9 Å². The van der Waals surface area contributed by atoms with E-state index in [1.165, 1.54) is 18.4 Å². The van der Waals surface area contributed by atoms with E-state index in [2.05, 4.69) is 36.9 Å².